The molecule has 0 saturated heterocycles. The van der Waals surface area contributed by atoms with Crippen LogP contribution in [0.25, 0.3) is 0 Å². The lowest BCUT2D eigenvalue weighted by atomic mass is 9.99. The molecule has 1 unspecified atom stereocenters. The summed E-state index contributed by atoms with van der Waals surface area (Å²) >= 11 is 0. The van der Waals surface area contributed by atoms with Crippen molar-refractivity contribution in [1.29, 1.82) is 0 Å². The number of hydrogen-bond donors (Lipinski definition) is 0. The summed E-state index contributed by atoms with van der Waals surface area (Å²) in [5.41, 5.74) is 0.875. The molecule has 0 aromatic heterocycles. The van der Waals surface area contributed by atoms with Crippen LogP contribution >= 0.6 is 0 Å². The Labute approximate surface area is 91.6 Å². The van der Waals surface area contributed by atoms with Gasteiger partial charge in [-0.2, -0.15) is 0 Å². The Morgan fingerprint density at radius 1 is 1.40 bits per heavy atom. The zero-order valence-corrected chi connectivity index (χ0v) is 9.92. The van der Waals surface area contributed by atoms with Crippen LogP contribution < -0.4 is 0 Å². The van der Waals surface area contributed by atoms with Crippen LogP contribution in [0.15, 0.2) is 41.1 Å². The molecule has 0 aliphatic carbocycles. The highest BCUT2D eigenvalue weighted by Crippen LogP contribution is 2.26. The number of hydrogen-bond acceptors (Lipinski definition) is 2. The van der Waals surface area contributed by atoms with Gasteiger partial charge >= 0.3 is 0 Å². The van der Waals surface area contributed by atoms with Crippen molar-refractivity contribution in [2.45, 2.75) is 31.1 Å². The summed E-state index contributed by atoms with van der Waals surface area (Å²) in [6.07, 6.45) is 0.920. The summed E-state index contributed by atoms with van der Waals surface area (Å²) < 4.78 is 23.4. The quantitative estimate of drug-likeness (QED) is 0.787. The molecule has 0 heterocycles. The maximum absolute atomic E-state index is 11.7. The smallest absolute Gasteiger partial charge is 0.199 e. The van der Waals surface area contributed by atoms with E-state index in [1.165, 1.54) is 0 Å². The highest BCUT2D eigenvalue weighted by Gasteiger charge is 2.17. The van der Waals surface area contributed by atoms with Gasteiger partial charge in [-0.1, -0.05) is 38.6 Å². The van der Waals surface area contributed by atoms with E-state index in [1.807, 2.05) is 26.0 Å². The molecule has 1 aromatic carbocycles. The van der Waals surface area contributed by atoms with Crippen LogP contribution in [0.1, 0.15) is 31.7 Å². The topological polar surface area (TPSA) is 34.1 Å². The summed E-state index contributed by atoms with van der Waals surface area (Å²) in [5, 5.41) is 1.01. The van der Waals surface area contributed by atoms with E-state index < -0.39 is 9.84 Å². The zero-order chi connectivity index (χ0) is 11.5. The first kappa shape index (κ1) is 12.0. The Bertz CT molecular complexity index is 446. The lowest BCUT2D eigenvalue weighted by Crippen LogP contribution is -2.03. The molecule has 0 saturated carbocycles. The molecule has 0 N–H and O–H groups in total. The Morgan fingerprint density at radius 2 is 2.00 bits per heavy atom. The number of rotatable bonds is 4. The Kier molecular flexibility index (Phi) is 3.69. The van der Waals surface area contributed by atoms with Gasteiger partial charge in [0.05, 0.1) is 4.90 Å². The van der Waals surface area contributed by atoms with Gasteiger partial charge in [0.1, 0.15) is 0 Å². The zero-order valence-electron chi connectivity index (χ0n) is 9.10. The van der Waals surface area contributed by atoms with Crippen LogP contribution in [0.3, 0.4) is 0 Å². The van der Waals surface area contributed by atoms with Crippen molar-refractivity contribution in [1.82, 2.24) is 0 Å². The SMILES string of the molecule is C=CS(=O)(=O)c1ccccc1C(C)CC. The third-order valence-electron chi connectivity index (χ3n) is 2.59. The van der Waals surface area contributed by atoms with Gasteiger partial charge < -0.3 is 0 Å². The molecule has 15 heavy (non-hydrogen) atoms. The molecule has 0 spiro atoms. The molecule has 0 amide bonds. The molecule has 0 aliphatic rings. The Hall–Kier alpha value is -1.09. The second-order valence-corrected chi connectivity index (χ2v) is 5.42. The standard InChI is InChI=1S/C12H16O2S/c1-4-10(3)11-8-6-7-9-12(11)15(13,14)5-2/h5-10H,2,4H2,1,3H3. The summed E-state index contributed by atoms with van der Waals surface area (Å²) in [6, 6.07) is 7.11. The fourth-order valence-corrected chi connectivity index (χ4v) is 2.50. The van der Waals surface area contributed by atoms with Crippen LogP contribution in [0.2, 0.25) is 0 Å². The van der Waals surface area contributed by atoms with Crippen LogP contribution in [0.4, 0.5) is 0 Å². The normalized spacial score (nSPS) is 13.5. The van der Waals surface area contributed by atoms with Gasteiger partial charge in [-0.15, -0.1) is 0 Å². The summed E-state index contributed by atoms with van der Waals surface area (Å²) in [4.78, 5) is 0.384. The highest BCUT2D eigenvalue weighted by atomic mass is 32.2. The third-order valence-corrected chi connectivity index (χ3v) is 4.01. The minimum Gasteiger partial charge on any atom is -0.219 e. The first-order valence-electron chi connectivity index (χ1n) is 4.99. The fourth-order valence-electron chi connectivity index (χ4n) is 1.46. The van der Waals surface area contributed by atoms with Crippen molar-refractivity contribution in [2.75, 3.05) is 0 Å². The van der Waals surface area contributed by atoms with E-state index in [9.17, 15) is 8.42 Å². The molecule has 0 fully saturated rings. The summed E-state index contributed by atoms with van der Waals surface area (Å²) in [7, 11) is -3.32. The lowest BCUT2D eigenvalue weighted by molar-refractivity contribution is 0.601. The minimum atomic E-state index is -3.32. The van der Waals surface area contributed by atoms with Crippen molar-refractivity contribution in [3.63, 3.8) is 0 Å². The second-order valence-electron chi connectivity index (χ2n) is 3.56. The molecule has 3 heteroatoms. The van der Waals surface area contributed by atoms with Gasteiger partial charge in [-0.05, 0) is 24.0 Å². The summed E-state index contributed by atoms with van der Waals surface area (Å²) in [6.45, 7) is 7.42. The van der Waals surface area contributed by atoms with Crippen molar-refractivity contribution in [2.24, 2.45) is 0 Å². The fraction of sp³-hybridized carbons (Fsp3) is 0.333. The monoisotopic (exact) mass is 224 g/mol. The van der Waals surface area contributed by atoms with Gasteiger partial charge in [-0.25, -0.2) is 8.42 Å². The van der Waals surface area contributed by atoms with Gasteiger partial charge in [0, 0.05) is 5.41 Å². The van der Waals surface area contributed by atoms with Gasteiger partial charge in [0.2, 0.25) is 0 Å². The van der Waals surface area contributed by atoms with Crippen LogP contribution in [0.5, 0.6) is 0 Å². The molecular formula is C12H16O2S. The largest absolute Gasteiger partial charge is 0.219 e. The third kappa shape index (κ3) is 2.48. The summed E-state index contributed by atoms with van der Waals surface area (Å²) in [5.74, 6) is 0.246. The molecule has 1 aromatic rings. The van der Waals surface area contributed by atoms with E-state index in [4.69, 9.17) is 0 Å². The first-order valence-corrected chi connectivity index (χ1v) is 6.54. The average Bonchev–Trinajstić information content (AvgIpc) is 2.28. The maximum atomic E-state index is 11.7. The van der Waals surface area contributed by atoms with E-state index in [0.717, 1.165) is 17.4 Å². The van der Waals surface area contributed by atoms with E-state index in [1.54, 1.807) is 12.1 Å². The Morgan fingerprint density at radius 3 is 2.53 bits per heavy atom. The molecule has 1 rings (SSSR count). The molecule has 2 nitrogen and oxygen atoms in total. The molecule has 0 aliphatic heterocycles. The van der Waals surface area contributed by atoms with E-state index in [-0.39, 0.29) is 5.92 Å². The maximum Gasteiger partial charge on any atom is 0.199 e. The van der Waals surface area contributed by atoms with Crippen molar-refractivity contribution < 1.29 is 8.42 Å². The molecule has 82 valence electrons. The van der Waals surface area contributed by atoms with Gasteiger partial charge in [0.25, 0.3) is 0 Å². The second kappa shape index (κ2) is 4.62. The minimum absolute atomic E-state index is 0.246. The average molecular weight is 224 g/mol. The predicted molar refractivity (Wildman–Crippen MR) is 62.5 cm³/mol. The van der Waals surface area contributed by atoms with Crippen molar-refractivity contribution in [3.8, 4) is 0 Å². The number of sulfone groups is 1. The Balaban J connectivity index is 3.36. The molecule has 0 radical (unpaired) electrons. The van der Waals surface area contributed by atoms with Gasteiger partial charge in [-0.3, -0.25) is 0 Å². The first-order chi connectivity index (χ1) is 7.03. The van der Waals surface area contributed by atoms with E-state index in [2.05, 4.69) is 6.58 Å². The molecule has 1 atom stereocenters. The highest BCUT2D eigenvalue weighted by molar-refractivity contribution is 7.94. The van der Waals surface area contributed by atoms with Crippen LogP contribution in [-0.2, 0) is 9.84 Å². The lowest BCUT2D eigenvalue weighted by Gasteiger charge is -2.13. The van der Waals surface area contributed by atoms with E-state index >= 15 is 0 Å². The molecular weight excluding hydrogens is 208 g/mol. The van der Waals surface area contributed by atoms with E-state index in [0.29, 0.717) is 4.90 Å². The van der Waals surface area contributed by atoms with Gasteiger partial charge in [0.15, 0.2) is 9.84 Å². The van der Waals surface area contributed by atoms with Crippen molar-refractivity contribution >= 4 is 9.84 Å². The predicted octanol–water partition coefficient (Wildman–Crippen LogP) is 3.12. The van der Waals surface area contributed by atoms with Crippen molar-refractivity contribution in [3.05, 3.63) is 41.8 Å². The molecule has 0 bridgehead atoms. The van der Waals surface area contributed by atoms with Crippen LogP contribution in [0, 0.1) is 0 Å². The van der Waals surface area contributed by atoms with Crippen LogP contribution in [-0.4, -0.2) is 8.42 Å². The number of benzene rings is 1.